The molecule has 0 aliphatic carbocycles. The maximum absolute atomic E-state index is 5.76. The second-order valence-corrected chi connectivity index (χ2v) is 4.09. The molecule has 3 heteroatoms. The highest BCUT2D eigenvalue weighted by atomic mass is 79.9. The normalized spacial score (nSPS) is 10.1. The van der Waals surface area contributed by atoms with Gasteiger partial charge in [-0.25, -0.2) is 0 Å². The number of benzene rings is 1. The van der Waals surface area contributed by atoms with Crippen LogP contribution >= 0.6 is 15.9 Å². The number of nitrogens with two attached hydrogens (primary N) is 1. The van der Waals surface area contributed by atoms with E-state index in [4.69, 9.17) is 12.2 Å². The lowest BCUT2D eigenvalue weighted by atomic mass is 10.2. The largest absolute Gasteiger partial charge is 0.398 e. The van der Waals surface area contributed by atoms with Crippen molar-refractivity contribution in [1.29, 1.82) is 0 Å². The lowest BCUT2D eigenvalue weighted by molar-refractivity contribution is 0.369. The van der Waals surface area contributed by atoms with E-state index < -0.39 is 0 Å². The molecule has 0 atom stereocenters. The van der Waals surface area contributed by atoms with Crippen LogP contribution < -0.4 is 5.73 Å². The van der Waals surface area contributed by atoms with Gasteiger partial charge in [-0.2, -0.15) is 0 Å². The summed E-state index contributed by atoms with van der Waals surface area (Å²) >= 11 is 3.36. The van der Waals surface area contributed by atoms with Gasteiger partial charge in [0.2, 0.25) is 0 Å². The first kappa shape index (κ1) is 11.1. The average molecular weight is 253 g/mol. The Morgan fingerprint density at radius 3 is 2.86 bits per heavy atom. The van der Waals surface area contributed by atoms with E-state index in [-0.39, 0.29) is 0 Å². The molecule has 0 spiro atoms. The molecule has 2 nitrogen and oxygen atoms in total. The summed E-state index contributed by atoms with van der Waals surface area (Å²) in [4.78, 5) is 2.06. The summed E-state index contributed by atoms with van der Waals surface area (Å²) in [5.74, 6) is 2.60. The molecule has 1 aromatic rings. The van der Waals surface area contributed by atoms with Gasteiger partial charge >= 0.3 is 0 Å². The highest BCUT2D eigenvalue weighted by Gasteiger charge is 2.00. The van der Waals surface area contributed by atoms with Gasteiger partial charge in [0.15, 0.2) is 0 Å². The third-order valence-corrected chi connectivity index (χ3v) is 2.60. The standard InChI is InChI=1S/C11H13BrN2/c1-3-6-14(2)8-9-4-5-10(12)11(13)7-9/h1,4-5,7H,6,8,13H2,2H3. The molecule has 0 aliphatic heterocycles. The van der Waals surface area contributed by atoms with Crippen LogP contribution in [-0.4, -0.2) is 18.5 Å². The summed E-state index contributed by atoms with van der Waals surface area (Å²) in [6.07, 6.45) is 5.21. The zero-order chi connectivity index (χ0) is 10.6. The van der Waals surface area contributed by atoms with Crippen molar-refractivity contribution < 1.29 is 0 Å². The van der Waals surface area contributed by atoms with Crippen LogP contribution in [0.5, 0.6) is 0 Å². The summed E-state index contributed by atoms with van der Waals surface area (Å²) in [5.41, 5.74) is 7.70. The summed E-state index contributed by atoms with van der Waals surface area (Å²) in [7, 11) is 1.98. The molecule has 1 aromatic carbocycles. The van der Waals surface area contributed by atoms with Crippen LogP contribution in [0, 0.1) is 12.3 Å². The van der Waals surface area contributed by atoms with E-state index in [2.05, 4.69) is 26.8 Å². The Hall–Kier alpha value is -0.980. The van der Waals surface area contributed by atoms with Crippen LogP contribution in [0.1, 0.15) is 5.56 Å². The van der Waals surface area contributed by atoms with Crippen molar-refractivity contribution in [2.45, 2.75) is 6.54 Å². The zero-order valence-corrected chi connectivity index (χ0v) is 9.71. The number of nitrogens with zero attached hydrogens (tertiary/aromatic N) is 1. The van der Waals surface area contributed by atoms with Crippen LogP contribution in [-0.2, 0) is 6.54 Å². The van der Waals surface area contributed by atoms with Gasteiger partial charge in [0, 0.05) is 16.7 Å². The molecule has 1 rings (SSSR count). The van der Waals surface area contributed by atoms with Crippen LogP contribution in [0.3, 0.4) is 0 Å². The third kappa shape index (κ3) is 3.06. The van der Waals surface area contributed by atoms with Crippen molar-refractivity contribution in [1.82, 2.24) is 4.90 Å². The van der Waals surface area contributed by atoms with Gasteiger partial charge in [0.05, 0.1) is 6.54 Å². The number of anilines is 1. The van der Waals surface area contributed by atoms with Crippen molar-refractivity contribution in [3.05, 3.63) is 28.2 Å². The van der Waals surface area contributed by atoms with Gasteiger partial charge in [-0.3, -0.25) is 4.90 Å². The fraction of sp³-hybridized carbons (Fsp3) is 0.273. The smallest absolute Gasteiger partial charge is 0.0599 e. The lowest BCUT2D eigenvalue weighted by Gasteiger charge is -2.13. The molecule has 2 N–H and O–H groups in total. The molecular formula is C11H13BrN2. The Morgan fingerprint density at radius 1 is 1.57 bits per heavy atom. The lowest BCUT2D eigenvalue weighted by Crippen LogP contribution is -2.17. The molecule has 14 heavy (non-hydrogen) atoms. The van der Waals surface area contributed by atoms with E-state index in [0.29, 0.717) is 6.54 Å². The van der Waals surface area contributed by atoms with Gasteiger partial charge in [-0.05, 0) is 40.7 Å². The highest BCUT2D eigenvalue weighted by molar-refractivity contribution is 9.10. The molecule has 0 unspecified atom stereocenters. The number of terminal acetylenes is 1. The van der Waals surface area contributed by atoms with E-state index >= 15 is 0 Å². The van der Waals surface area contributed by atoms with E-state index in [1.54, 1.807) is 0 Å². The number of halogens is 1. The van der Waals surface area contributed by atoms with Crippen LogP contribution in [0.25, 0.3) is 0 Å². The topological polar surface area (TPSA) is 29.3 Å². The average Bonchev–Trinajstić information content (AvgIpc) is 2.12. The van der Waals surface area contributed by atoms with Gasteiger partial charge in [-0.1, -0.05) is 12.0 Å². The van der Waals surface area contributed by atoms with Crippen molar-refractivity contribution >= 4 is 21.6 Å². The predicted molar refractivity (Wildman–Crippen MR) is 63.7 cm³/mol. The quantitative estimate of drug-likeness (QED) is 0.660. The predicted octanol–water partition coefficient (Wildman–Crippen LogP) is 2.10. The fourth-order valence-corrected chi connectivity index (χ4v) is 1.46. The summed E-state index contributed by atoms with van der Waals surface area (Å²) in [5, 5.41) is 0. The van der Waals surface area contributed by atoms with Crippen LogP contribution in [0.2, 0.25) is 0 Å². The molecule has 0 radical (unpaired) electrons. The minimum Gasteiger partial charge on any atom is -0.398 e. The van der Waals surface area contributed by atoms with Gasteiger partial charge in [-0.15, -0.1) is 6.42 Å². The maximum Gasteiger partial charge on any atom is 0.0599 e. The molecule has 0 bridgehead atoms. The SMILES string of the molecule is C#CCN(C)Cc1ccc(Br)c(N)c1. The van der Waals surface area contributed by atoms with Crippen molar-refractivity contribution in [3.8, 4) is 12.3 Å². The van der Waals surface area contributed by atoms with Gasteiger partial charge < -0.3 is 5.73 Å². The molecule has 74 valence electrons. The Bertz CT molecular complexity index is 355. The molecular weight excluding hydrogens is 240 g/mol. The Morgan fingerprint density at radius 2 is 2.29 bits per heavy atom. The first-order valence-electron chi connectivity index (χ1n) is 4.29. The summed E-state index contributed by atoms with van der Waals surface area (Å²) in [6, 6.07) is 5.94. The van der Waals surface area contributed by atoms with Crippen molar-refractivity contribution in [2.24, 2.45) is 0 Å². The fourth-order valence-electron chi connectivity index (χ4n) is 1.21. The summed E-state index contributed by atoms with van der Waals surface area (Å²) < 4.78 is 0.931. The van der Waals surface area contributed by atoms with Crippen LogP contribution in [0.4, 0.5) is 5.69 Å². The van der Waals surface area contributed by atoms with Crippen LogP contribution in [0.15, 0.2) is 22.7 Å². The van der Waals surface area contributed by atoms with E-state index in [9.17, 15) is 0 Å². The third-order valence-electron chi connectivity index (χ3n) is 1.87. The minimum absolute atomic E-state index is 0.649. The van der Waals surface area contributed by atoms with E-state index in [1.165, 1.54) is 5.56 Å². The van der Waals surface area contributed by atoms with Crippen molar-refractivity contribution in [3.63, 3.8) is 0 Å². The first-order valence-corrected chi connectivity index (χ1v) is 5.08. The maximum atomic E-state index is 5.76. The van der Waals surface area contributed by atoms with E-state index in [1.807, 2.05) is 25.2 Å². The Kier molecular flexibility index (Phi) is 3.99. The number of rotatable bonds is 3. The Balaban J connectivity index is 2.69. The number of hydrogen-bond donors (Lipinski definition) is 1. The number of nitrogen functional groups attached to an aromatic ring is 1. The zero-order valence-electron chi connectivity index (χ0n) is 8.13. The second kappa shape index (κ2) is 5.04. The molecule has 0 saturated carbocycles. The van der Waals surface area contributed by atoms with Gasteiger partial charge in [0.1, 0.15) is 0 Å². The molecule has 0 amide bonds. The van der Waals surface area contributed by atoms with E-state index in [0.717, 1.165) is 16.7 Å². The molecule has 0 aliphatic rings. The monoisotopic (exact) mass is 252 g/mol. The minimum atomic E-state index is 0.649. The molecule has 0 fully saturated rings. The number of hydrogen-bond acceptors (Lipinski definition) is 2. The second-order valence-electron chi connectivity index (χ2n) is 3.23. The molecule has 0 aromatic heterocycles. The molecule has 0 saturated heterocycles. The van der Waals surface area contributed by atoms with Crippen molar-refractivity contribution in [2.75, 3.05) is 19.3 Å². The first-order chi connectivity index (χ1) is 6.63. The molecule has 0 heterocycles. The van der Waals surface area contributed by atoms with Gasteiger partial charge in [0.25, 0.3) is 0 Å². The highest BCUT2D eigenvalue weighted by Crippen LogP contribution is 2.20. The Labute approximate surface area is 93.2 Å². The summed E-state index contributed by atoms with van der Waals surface area (Å²) in [6.45, 7) is 1.47.